The van der Waals surface area contributed by atoms with Crippen molar-refractivity contribution >= 4 is 0 Å². The van der Waals surface area contributed by atoms with Crippen LogP contribution in [0.4, 0.5) is 0 Å². The standard InChI is InChI=1S/C35H28N4/c1-2-14-27-23-25-28(26-24-27)32-21-12-13-22-33(32)34-36-37-38-39(34)35(29-15-6-3-7-16-29,30-17-8-4-9-18-30)31-19-10-5-11-20-31/h2-13,15-26H,1,14H2. The molecule has 0 saturated carbocycles. The second-order valence-electron chi connectivity index (χ2n) is 9.46. The summed E-state index contributed by atoms with van der Waals surface area (Å²) in [5, 5.41) is 13.6. The predicted octanol–water partition coefficient (Wildman–Crippen LogP) is 7.58. The zero-order valence-electron chi connectivity index (χ0n) is 21.6. The number of aromatic nitrogens is 4. The van der Waals surface area contributed by atoms with Crippen molar-refractivity contribution in [1.29, 1.82) is 0 Å². The first-order chi connectivity index (χ1) is 19.3. The molecule has 0 saturated heterocycles. The van der Waals surface area contributed by atoms with Gasteiger partial charge in [-0.15, -0.1) is 11.7 Å². The number of rotatable bonds is 8. The van der Waals surface area contributed by atoms with E-state index in [4.69, 9.17) is 5.21 Å². The molecule has 0 N–H and O–H groups in total. The van der Waals surface area contributed by atoms with Gasteiger partial charge in [0.2, 0.25) is 0 Å². The molecule has 39 heavy (non-hydrogen) atoms. The van der Waals surface area contributed by atoms with E-state index in [1.54, 1.807) is 0 Å². The molecule has 0 bridgehead atoms. The maximum atomic E-state index is 4.71. The number of nitrogens with zero attached hydrogens (tertiary/aromatic N) is 4. The predicted molar refractivity (Wildman–Crippen MR) is 157 cm³/mol. The zero-order chi connectivity index (χ0) is 26.5. The highest BCUT2D eigenvalue weighted by Crippen LogP contribution is 2.43. The average Bonchev–Trinajstić information content (AvgIpc) is 3.50. The van der Waals surface area contributed by atoms with Crippen molar-refractivity contribution in [3.63, 3.8) is 0 Å². The summed E-state index contributed by atoms with van der Waals surface area (Å²) >= 11 is 0. The van der Waals surface area contributed by atoms with Gasteiger partial charge in [-0.1, -0.05) is 146 Å². The van der Waals surface area contributed by atoms with E-state index in [-0.39, 0.29) is 0 Å². The molecule has 5 aromatic carbocycles. The summed E-state index contributed by atoms with van der Waals surface area (Å²) in [6.45, 7) is 3.87. The average molecular weight is 505 g/mol. The van der Waals surface area contributed by atoms with Gasteiger partial charge in [0.25, 0.3) is 0 Å². The van der Waals surface area contributed by atoms with Crippen LogP contribution in [0.1, 0.15) is 22.3 Å². The molecule has 0 fully saturated rings. The highest BCUT2D eigenvalue weighted by atomic mass is 15.6. The third-order valence-electron chi connectivity index (χ3n) is 7.17. The lowest BCUT2D eigenvalue weighted by atomic mass is 9.77. The Hall–Kier alpha value is -5.09. The van der Waals surface area contributed by atoms with Gasteiger partial charge in [-0.2, -0.15) is 0 Å². The number of hydrogen-bond donors (Lipinski definition) is 0. The second-order valence-corrected chi connectivity index (χ2v) is 9.46. The van der Waals surface area contributed by atoms with Crippen molar-refractivity contribution in [3.05, 3.63) is 174 Å². The molecular formula is C35H28N4. The van der Waals surface area contributed by atoms with E-state index < -0.39 is 5.54 Å². The van der Waals surface area contributed by atoms with Crippen molar-refractivity contribution in [2.45, 2.75) is 12.0 Å². The summed E-state index contributed by atoms with van der Waals surface area (Å²) in [6, 6.07) is 48.4. The van der Waals surface area contributed by atoms with Crippen LogP contribution in [0.2, 0.25) is 0 Å². The lowest BCUT2D eigenvalue weighted by Gasteiger charge is -2.36. The minimum atomic E-state index is -0.802. The third kappa shape index (κ3) is 4.36. The molecule has 4 heteroatoms. The van der Waals surface area contributed by atoms with Crippen LogP contribution in [0.25, 0.3) is 22.5 Å². The van der Waals surface area contributed by atoms with Gasteiger partial charge < -0.3 is 0 Å². The number of allylic oxidation sites excluding steroid dienone is 1. The van der Waals surface area contributed by atoms with E-state index in [1.807, 2.05) is 35.0 Å². The Labute approximate surface area is 228 Å². The quantitative estimate of drug-likeness (QED) is 0.159. The van der Waals surface area contributed by atoms with Gasteiger partial charge >= 0.3 is 0 Å². The second kappa shape index (κ2) is 10.7. The maximum absolute atomic E-state index is 4.71. The molecule has 0 unspecified atom stereocenters. The normalized spacial score (nSPS) is 11.3. The van der Waals surface area contributed by atoms with Crippen molar-refractivity contribution in [1.82, 2.24) is 20.2 Å². The fourth-order valence-corrected chi connectivity index (χ4v) is 5.40. The fraction of sp³-hybridized carbons (Fsp3) is 0.0571. The summed E-state index contributed by atoms with van der Waals surface area (Å²) in [4.78, 5) is 0. The monoisotopic (exact) mass is 504 g/mol. The molecule has 0 amide bonds. The van der Waals surface area contributed by atoms with Crippen LogP contribution in [0.15, 0.2) is 152 Å². The SMILES string of the molecule is C=CCc1ccc(-c2ccccc2-c2nnnn2C(c2ccccc2)(c2ccccc2)c2ccccc2)cc1. The molecule has 0 aliphatic carbocycles. The van der Waals surface area contributed by atoms with Gasteiger partial charge in [0.1, 0.15) is 5.54 Å². The molecule has 1 heterocycles. The highest BCUT2D eigenvalue weighted by molar-refractivity contribution is 5.81. The molecule has 188 valence electrons. The molecule has 0 radical (unpaired) electrons. The van der Waals surface area contributed by atoms with Gasteiger partial charge in [-0.05, 0) is 50.2 Å². The number of benzene rings is 5. The number of hydrogen-bond acceptors (Lipinski definition) is 3. The van der Waals surface area contributed by atoms with Crippen molar-refractivity contribution < 1.29 is 0 Å². The first kappa shape index (κ1) is 24.3. The van der Waals surface area contributed by atoms with Gasteiger partial charge in [-0.25, -0.2) is 4.68 Å². The van der Waals surface area contributed by atoms with Gasteiger partial charge in [-0.3, -0.25) is 0 Å². The number of tetrazole rings is 1. The van der Waals surface area contributed by atoms with Crippen LogP contribution in [-0.2, 0) is 12.0 Å². The van der Waals surface area contributed by atoms with Gasteiger partial charge in [0.15, 0.2) is 5.82 Å². The smallest absolute Gasteiger partial charge is 0.184 e. The molecule has 0 aliphatic rings. The lowest BCUT2D eigenvalue weighted by molar-refractivity contribution is 0.451. The van der Waals surface area contributed by atoms with Crippen LogP contribution in [0.3, 0.4) is 0 Å². The minimum absolute atomic E-state index is 0.692. The highest BCUT2D eigenvalue weighted by Gasteiger charge is 2.42. The third-order valence-corrected chi connectivity index (χ3v) is 7.17. The molecule has 0 atom stereocenters. The Kier molecular flexibility index (Phi) is 6.67. The summed E-state index contributed by atoms with van der Waals surface area (Å²) in [5.41, 5.74) is 6.79. The van der Waals surface area contributed by atoms with E-state index in [0.717, 1.165) is 39.8 Å². The zero-order valence-corrected chi connectivity index (χ0v) is 21.6. The van der Waals surface area contributed by atoms with Crippen LogP contribution in [0.5, 0.6) is 0 Å². The maximum Gasteiger partial charge on any atom is 0.184 e. The topological polar surface area (TPSA) is 43.6 Å². The molecular weight excluding hydrogens is 476 g/mol. The molecule has 6 aromatic rings. The first-order valence-corrected chi connectivity index (χ1v) is 13.1. The Morgan fingerprint density at radius 2 is 1.08 bits per heavy atom. The lowest BCUT2D eigenvalue weighted by Crippen LogP contribution is -2.39. The van der Waals surface area contributed by atoms with Crippen LogP contribution >= 0.6 is 0 Å². The Balaban J connectivity index is 1.63. The summed E-state index contributed by atoms with van der Waals surface area (Å²) in [7, 11) is 0. The van der Waals surface area contributed by atoms with E-state index in [9.17, 15) is 0 Å². The van der Waals surface area contributed by atoms with E-state index >= 15 is 0 Å². The van der Waals surface area contributed by atoms with Crippen molar-refractivity contribution in [2.75, 3.05) is 0 Å². The molecule has 1 aromatic heterocycles. The minimum Gasteiger partial charge on any atom is -0.205 e. The van der Waals surface area contributed by atoms with Gasteiger partial charge in [0.05, 0.1) is 0 Å². The summed E-state index contributed by atoms with van der Waals surface area (Å²) in [5.74, 6) is 0.692. The van der Waals surface area contributed by atoms with E-state index in [1.165, 1.54) is 5.56 Å². The van der Waals surface area contributed by atoms with Crippen molar-refractivity contribution in [2.24, 2.45) is 0 Å². The Bertz CT molecular complexity index is 1580. The van der Waals surface area contributed by atoms with Gasteiger partial charge in [0, 0.05) is 5.56 Å². The largest absolute Gasteiger partial charge is 0.205 e. The van der Waals surface area contributed by atoms with Crippen molar-refractivity contribution in [3.8, 4) is 22.5 Å². The Morgan fingerprint density at radius 3 is 1.59 bits per heavy atom. The van der Waals surface area contributed by atoms with Crippen LogP contribution < -0.4 is 0 Å². The fourth-order valence-electron chi connectivity index (χ4n) is 5.40. The van der Waals surface area contributed by atoms with Crippen LogP contribution in [-0.4, -0.2) is 20.2 Å². The Morgan fingerprint density at radius 1 is 0.590 bits per heavy atom. The molecule has 0 spiro atoms. The summed E-state index contributed by atoms with van der Waals surface area (Å²) in [6.07, 6.45) is 2.77. The summed E-state index contributed by atoms with van der Waals surface area (Å²) < 4.78 is 1.98. The molecule has 0 aliphatic heterocycles. The van der Waals surface area contributed by atoms with Crippen LogP contribution in [0, 0.1) is 0 Å². The molecule has 6 rings (SSSR count). The van der Waals surface area contributed by atoms with E-state index in [0.29, 0.717) is 5.82 Å². The first-order valence-electron chi connectivity index (χ1n) is 13.1. The molecule has 4 nitrogen and oxygen atoms in total. The van der Waals surface area contributed by atoms with E-state index in [2.05, 4.69) is 132 Å².